The predicted molar refractivity (Wildman–Crippen MR) is 144 cm³/mol. The quantitative estimate of drug-likeness (QED) is 0.379. The van der Waals surface area contributed by atoms with Gasteiger partial charge in [-0.05, 0) is 61.8 Å². The van der Waals surface area contributed by atoms with Crippen LogP contribution < -0.4 is 5.32 Å². The van der Waals surface area contributed by atoms with Crippen molar-refractivity contribution < 1.29 is 19.1 Å². The van der Waals surface area contributed by atoms with Crippen molar-refractivity contribution in [1.29, 1.82) is 0 Å². The number of rotatable bonds is 10. The lowest BCUT2D eigenvalue weighted by molar-refractivity contribution is -0.141. The highest BCUT2D eigenvalue weighted by atomic mass is 16.6. The van der Waals surface area contributed by atoms with Gasteiger partial charge in [-0.25, -0.2) is 9.59 Å². The molecule has 8 atom stereocenters. The molecule has 1 saturated carbocycles. The van der Waals surface area contributed by atoms with Crippen molar-refractivity contribution in [3.63, 3.8) is 0 Å². The number of esters is 2. The molecule has 198 valence electrons. The van der Waals surface area contributed by atoms with Crippen molar-refractivity contribution in [3.8, 4) is 0 Å². The normalized spacial score (nSPS) is 32.1. The highest BCUT2D eigenvalue weighted by molar-refractivity contribution is 5.90. The third kappa shape index (κ3) is 5.34. The minimum atomic E-state index is -0.448. The second kappa shape index (κ2) is 11.8. The number of fused-ring (bicyclic) bond motifs is 5. The number of unbranched alkanes of at least 4 members (excludes halogenated alkanes) is 2. The highest BCUT2D eigenvalue weighted by Crippen LogP contribution is 2.55. The van der Waals surface area contributed by atoms with Gasteiger partial charge in [0, 0.05) is 23.9 Å². The topological polar surface area (TPSA) is 64.6 Å². The van der Waals surface area contributed by atoms with E-state index in [1.54, 1.807) is 24.3 Å². The Balaban J connectivity index is 1.53. The maximum Gasteiger partial charge on any atom is 0.338 e. The molecule has 1 N–H and O–H groups in total. The van der Waals surface area contributed by atoms with E-state index in [0.717, 1.165) is 38.5 Å². The zero-order chi connectivity index (χ0) is 25.8. The number of hydrogen-bond acceptors (Lipinski definition) is 5. The molecule has 5 rings (SSSR count). The maximum atomic E-state index is 13.4. The molecule has 0 amide bonds. The molecular weight excluding hydrogens is 462 g/mol. The summed E-state index contributed by atoms with van der Waals surface area (Å²) in [7, 11) is 0. The number of carbonyl (C=O) groups excluding carboxylic acids is 2. The molecule has 2 aromatic carbocycles. The molecule has 5 nitrogen and oxygen atoms in total. The Hall–Kier alpha value is -2.66. The number of hydrogen-bond donors (Lipinski definition) is 1. The van der Waals surface area contributed by atoms with E-state index in [1.165, 1.54) is 12.8 Å². The summed E-state index contributed by atoms with van der Waals surface area (Å²) in [5, 5.41) is 3.91. The van der Waals surface area contributed by atoms with Crippen LogP contribution in [0.2, 0.25) is 0 Å². The zero-order valence-electron chi connectivity index (χ0n) is 22.2. The molecule has 5 heteroatoms. The van der Waals surface area contributed by atoms with Crippen molar-refractivity contribution in [2.45, 2.75) is 89.5 Å². The Morgan fingerprint density at radius 3 is 1.49 bits per heavy atom. The molecular formula is C32H41NO4. The van der Waals surface area contributed by atoms with Crippen LogP contribution in [-0.4, -0.2) is 36.2 Å². The van der Waals surface area contributed by atoms with Crippen LogP contribution >= 0.6 is 0 Å². The van der Waals surface area contributed by atoms with Crippen molar-refractivity contribution in [1.82, 2.24) is 5.32 Å². The number of carbonyl (C=O) groups is 2. The fraction of sp³-hybridized carbons (Fsp3) is 0.562. The van der Waals surface area contributed by atoms with Crippen LogP contribution in [0.3, 0.4) is 0 Å². The second-order valence-corrected chi connectivity index (χ2v) is 11.2. The molecule has 1 aliphatic carbocycles. The smallest absolute Gasteiger partial charge is 0.338 e. The molecule has 3 fully saturated rings. The summed E-state index contributed by atoms with van der Waals surface area (Å²) in [6.07, 6.45) is 7.75. The molecule has 2 saturated heterocycles. The lowest BCUT2D eigenvalue weighted by Gasteiger charge is -2.51. The third-order valence-corrected chi connectivity index (χ3v) is 9.03. The summed E-state index contributed by atoms with van der Waals surface area (Å²) in [5.74, 6) is 0.604. The first-order valence-electron chi connectivity index (χ1n) is 14.4. The van der Waals surface area contributed by atoms with Gasteiger partial charge in [0.25, 0.3) is 0 Å². The summed E-state index contributed by atoms with van der Waals surface area (Å²) in [4.78, 5) is 26.9. The zero-order valence-corrected chi connectivity index (χ0v) is 22.2. The standard InChI is InChI=1S/C32H41NO4/c1-3-5-17-23-27-25-19-20-26(33-25)28(27)24(18-6-4-2)30(37-32(35)22-15-11-8-12-16-22)29(23)36-31(34)21-13-9-7-10-14-21/h7-16,23-30,33H,3-6,17-20H2,1-2H3. The summed E-state index contributed by atoms with van der Waals surface area (Å²) in [6.45, 7) is 4.42. The van der Waals surface area contributed by atoms with Gasteiger partial charge in [0.05, 0.1) is 11.1 Å². The van der Waals surface area contributed by atoms with Crippen molar-refractivity contribution in [3.05, 3.63) is 71.8 Å². The lowest BCUT2D eigenvalue weighted by atomic mass is 9.57. The van der Waals surface area contributed by atoms with Gasteiger partial charge < -0.3 is 14.8 Å². The van der Waals surface area contributed by atoms with Crippen LogP contribution in [0.25, 0.3) is 0 Å². The van der Waals surface area contributed by atoms with Gasteiger partial charge in [0.15, 0.2) is 0 Å². The third-order valence-electron chi connectivity index (χ3n) is 9.03. The SMILES string of the molecule is CCCCC1C(OC(=O)c2ccccc2)C(OC(=O)c2ccccc2)C(CCCC)C2C3CCC(N3)C12. The summed E-state index contributed by atoms with van der Waals surface area (Å²) >= 11 is 0. The Labute approximate surface area is 221 Å². The first kappa shape index (κ1) is 26.0. The van der Waals surface area contributed by atoms with Crippen LogP contribution in [0.15, 0.2) is 60.7 Å². The van der Waals surface area contributed by atoms with E-state index >= 15 is 0 Å². The second-order valence-electron chi connectivity index (χ2n) is 11.2. The predicted octanol–water partition coefficient (Wildman–Crippen LogP) is 6.43. The molecule has 0 radical (unpaired) electrons. The van der Waals surface area contributed by atoms with E-state index < -0.39 is 12.2 Å². The number of benzene rings is 2. The minimum absolute atomic E-state index is 0.173. The summed E-state index contributed by atoms with van der Waals surface area (Å²) < 4.78 is 12.8. The van der Waals surface area contributed by atoms with Gasteiger partial charge in [-0.1, -0.05) is 75.9 Å². The fourth-order valence-corrected chi connectivity index (χ4v) is 7.47. The summed E-state index contributed by atoms with van der Waals surface area (Å²) in [5.41, 5.74) is 1.09. The van der Waals surface area contributed by atoms with Gasteiger partial charge in [-0.3, -0.25) is 0 Å². The van der Waals surface area contributed by atoms with Gasteiger partial charge in [0.2, 0.25) is 0 Å². The van der Waals surface area contributed by atoms with E-state index in [0.29, 0.717) is 35.0 Å². The van der Waals surface area contributed by atoms with Crippen LogP contribution in [0, 0.1) is 23.7 Å². The highest BCUT2D eigenvalue weighted by Gasteiger charge is 2.62. The van der Waals surface area contributed by atoms with Crippen LogP contribution in [0.5, 0.6) is 0 Å². The van der Waals surface area contributed by atoms with Gasteiger partial charge >= 0.3 is 11.9 Å². The Morgan fingerprint density at radius 1 is 0.703 bits per heavy atom. The Kier molecular flexibility index (Phi) is 8.29. The molecule has 37 heavy (non-hydrogen) atoms. The fourth-order valence-electron chi connectivity index (χ4n) is 7.47. The van der Waals surface area contributed by atoms with Gasteiger partial charge in [-0.2, -0.15) is 0 Å². The Bertz CT molecular complexity index is 958. The molecule has 0 aromatic heterocycles. The van der Waals surface area contributed by atoms with Crippen molar-refractivity contribution in [2.24, 2.45) is 23.7 Å². The van der Waals surface area contributed by atoms with E-state index in [2.05, 4.69) is 19.2 Å². The Morgan fingerprint density at radius 2 is 1.11 bits per heavy atom. The van der Waals surface area contributed by atoms with E-state index in [-0.39, 0.29) is 23.8 Å². The molecule has 2 bridgehead atoms. The van der Waals surface area contributed by atoms with Gasteiger partial charge in [0.1, 0.15) is 12.2 Å². The van der Waals surface area contributed by atoms with Crippen LogP contribution in [0.4, 0.5) is 0 Å². The largest absolute Gasteiger partial charge is 0.455 e. The average Bonchev–Trinajstić information content (AvgIpc) is 3.56. The minimum Gasteiger partial charge on any atom is -0.455 e. The number of nitrogens with one attached hydrogen (secondary N) is 1. The molecule has 2 heterocycles. The van der Waals surface area contributed by atoms with Crippen molar-refractivity contribution in [2.75, 3.05) is 0 Å². The van der Waals surface area contributed by atoms with E-state index in [9.17, 15) is 9.59 Å². The monoisotopic (exact) mass is 503 g/mol. The van der Waals surface area contributed by atoms with Crippen LogP contribution in [0.1, 0.15) is 85.9 Å². The molecule has 0 spiro atoms. The van der Waals surface area contributed by atoms with E-state index in [1.807, 2.05) is 36.4 Å². The molecule has 2 aromatic rings. The average molecular weight is 504 g/mol. The van der Waals surface area contributed by atoms with Crippen molar-refractivity contribution >= 4 is 11.9 Å². The number of ether oxygens (including phenoxy) is 2. The van der Waals surface area contributed by atoms with E-state index in [4.69, 9.17) is 9.47 Å². The first-order chi connectivity index (χ1) is 18.1. The lowest BCUT2D eigenvalue weighted by Crippen LogP contribution is -2.58. The first-order valence-corrected chi connectivity index (χ1v) is 14.4. The van der Waals surface area contributed by atoms with Gasteiger partial charge in [-0.15, -0.1) is 0 Å². The summed E-state index contributed by atoms with van der Waals surface area (Å²) in [6, 6.07) is 19.4. The molecule has 3 aliphatic rings. The molecule has 8 unspecified atom stereocenters. The molecule has 2 aliphatic heterocycles. The maximum absolute atomic E-state index is 13.4. The van der Waals surface area contributed by atoms with Crippen LogP contribution in [-0.2, 0) is 9.47 Å².